The van der Waals surface area contributed by atoms with Gasteiger partial charge in [-0.05, 0) is 63.1 Å². The number of nitrogens with one attached hydrogen (secondary N) is 1. The molecule has 1 heterocycles. The summed E-state index contributed by atoms with van der Waals surface area (Å²) in [6.45, 7) is 8.18. The van der Waals surface area contributed by atoms with Crippen molar-refractivity contribution in [1.29, 1.82) is 0 Å². The predicted octanol–water partition coefficient (Wildman–Crippen LogP) is 5.17. The number of benzene rings is 2. The van der Waals surface area contributed by atoms with Gasteiger partial charge in [-0.25, -0.2) is 5.43 Å². The number of aryl methyl sites for hydroxylation is 3. The molecule has 28 heavy (non-hydrogen) atoms. The monoisotopic (exact) mass is 437 g/mol. The molecule has 0 aliphatic carbocycles. The van der Waals surface area contributed by atoms with E-state index < -0.39 is 0 Å². The Morgan fingerprint density at radius 2 is 1.89 bits per heavy atom. The van der Waals surface area contributed by atoms with Gasteiger partial charge in [0.05, 0.1) is 12.6 Å². The van der Waals surface area contributed by atoms with E-state index in [0.717, 1.165) is 38.2 Å². The fraction of sp³-hybridized carbons (Fsp3) is 0.217. The smallest absolute Gasteiger partial charge is 0.244 e. The molecule has 0 saturated heterocycles. The lowest BCUT2D eigenvalue weighted by Gasteiger charge is -2.09. The first-order valence-electron chi connectivity index (χ1n) is 9.18. The minimum atomic E-state index is -0.121. The average molecular weight is 438 g/mol. The van der Waals surface area contributed by atoms with E-state index in [0.29, 0.717) is 6.42 Å². The van der Waals surface area contributed by atoms with Crippen LogP contribution in [0.3, 0.4) is 0 Å². The molecule has 2 aromatic carbocycles. The third kappa shape index (κ3) is 4.60. The molecule has 3 rings (SSSR count). The summed E-state index contributed by atoms with van der Waals surface area (Å²) in [5.41, 5.74) is 10.2. The predicted molar refractivity (Wildman–Crippen MR) is 118 cm³/mol. The molecule has 144 valence electrons. The molecule has 0 aliphatic rings. The molecular weight excluding hydrogens is 414 g/mol. The van der Waals surface area contributed by atoms with Crippen molar-refractivity contribution in [1.82, 2.24) is 9.99 Å². The number of hydrogen-bond acceptors (Lipinski definition) is 2. The van der Waals surface area contributed by atoms with Gasteiger partial charge < -0.3 is 4.57 Å². The molecule has 3 aromatic rings. The maximum Gasteiger partial charge on any atom is 0.244 e. The van der Waals surface area contributed by atoms with Gasteiger partial charge in [-0.2, -0.15) is 5.10 Å². The first-order chi connectivity index (χ1) is 13.3. The van der Waals surface area contributed by atoms with E-state index in [1.807, 2.05) is 45.0 Å². The van der Waals surface area contributed by atoms with Gasteiger partial charge in [0.15, 0.2) is 0 Å². The van der Waals surface area contributed by atoms with Gasteiger partial charge in [0.25, 0.3) is 0 Å². The van der Waals surface area contributed by atoms with Crippen LogP contribution in [0.5, 0.6) is 0 Å². The Kier molecular flexibility index (Phi) is 6.15. The maximum absolute atomic E-state index is 12.2. The normalized spacial score (nSPS) is 11.2. The zero-order valence-electron chi connectivity index (χ0n) is 16.6. The van der Waals surface area contributed by atoms with Gasteiger partial charge in [-0.15, -0.1) is 0 Å². The molecule has 1 aromatic heterocycles. The van der Waals surface area contributed by atoms with Crippen molar-refractivity contribution in [2.45, 2.75) is 34.1 Å². The molecule has 4 nitrogen and oxygen atoms in total. The molecule has 0 bridgehead atoms. The second kappa shape index (κ2) is 8.57. The van der Waals surface area contributed by atoms with E-state index in [-0.39, 0.29) is 5.91 Å². The first kappa shape index (κ1) is 20.1. The van der Waals surface area contributed by atoms with Crippen LogP contribution in [0, 0.1) is 27.7 Å². The average Bonchev–Trinajstić information content (AvgIpc) is 2.91. The van der Waals surface area contributed by atoms with Crippen molar-refractivity contribution >= 4 is 28.1 Å². The van der Waals surface area contributed by atoms with Crippen molar-refractivity contribution in [3.8, 4) is 5.69 Å². The van der Waals surface area contributed by atoms with Crippen molar-refractivity contribution in [2.24, 2.45) is 5.10 Å². The summed E-state index contributed by atoms with van der Waals surface area (Å²) in [4.78, 5) is 12.2. The number of amides is 1. The molecule has 1 N–H and O–H groups in total. The van der Waals surface area contributed by atoms with Gasteiger partial charge in [-0.1, -0.05) is 45.8 Å². The van der Waals surface area contributed by atoms with Crippen LogP contribution in [0.15, 0.2) is 58.1 Å². The lowest BCUT2D eigenvalue weighted by atomic mass is 10.0. The molecule has 1 amide bonds. The van der Waals surface area contributed by atoms with E-state index in [2.05, 4.69) is 62.2 Å². The number of carbonyl (C=O) groups is 1. The molecule has 0 unspecified atom stereocenters. The van der Waals surface area contributed by atoms with E-state index in [4.69, 9.17) is 0 Å². The third-order valence-corrected chi connectivity index (χ3v) is 5.27. The van der Waals surface area contributed by atoms with Crippen LogP contribution in [0.25, 0.3) is 5.69 Å². The van der Waals surface area contributed by atoms with Crippen LogP contribution in [0.2, 0.25) is 0 Å². The highest BCUT2D eigenvalue weighted by Gasteiger charge is 2.10. The molecular formula is C23H24BrN3O. The van der Waals surface area contributed by atoms with Crippen LogP contribution < -0.4 is 5.43 Å². The van der Waals surface area contributed by atoms with Crippen molar-refractivity contribution in [3.05, 3.63) is 86.6 Å². The summed E-state index contributed by atoms with van der Waals surface area (Å²) < 4.78 is 3.20. The molecule has 0 aliphatic heterocycles. The molecule has 0 atom stereocenters. The summed E-state index contributed by atoms with van der Waals surface area (Å²) >= 11 is 3.52. The van der Waals surface area contributed by atoms with Crippen LogP contribution in [-0.4, -0.2) is 16.7 Å². The van der Waals surface area contributed by atoms with E-state index in [1.54, 1.807) is 6.21 Å². The van der Waals surface area contributed by atoms with Gasteiger partial charge in [0.2, 0.25) is 5.91 Å². The minimum Gasteiger partial charge on any atom is -0.318 e. The number of hydrogen-bond donors (Lipinski definition) is 1. The van der Waals surface area contributed by atoms with Crippen LogP contribution >= 0.6 is 15.9 Å². The highest BCUT2D eigenvalue weighted by Crippen LogP contribution is 2.22. The number of aromatic nitrogens is 1. The van der Waals surface area contributed by atoms with E-state index >= 15 is 0 Å². The summed E-state index contributed by atoms with van der Waals surface area (Å²) in [6, 6.07) is 16.3. The fourth-order valence-corrected chi connectivity index (χ4v) is 3.75. The summed E-state index contributed by atoms with van der Waals surface area (Å²) in [7, 11) is 0. The van der Waals surface area contributed by atoms with Gasteiger partial charge in [-0.3, -0.25) is 4.79 Å². The molecule has 0 radical (unpaired) electrons. The van der Waals surface area contributed by atoms with Crippen molar-refractivity contribution < 1.29 is 4.79 Å². The summed E-state index contributed by atoms with van der Waals surface area (Å²) in [5.74, 6) is -0.121. The SMILES string of the molecule is Cc1ccc(CC(=O)N/N=C\c2cc(C)n(-c3cccc(Br)c3)c2C)c(C)c1. The van der Waals surface area contributed by atoms with Crippen LogP contribution in [0.4, 0.5) is 0 Å². The van der Waals surface area contributed by atoms with Crippen molar-refractivity contribution in [3.63, 3.8) is 0 Å². The summed E-state index contributed by atoms with van der Waals surface area (Å²) in [5, 5.41) is 4.16. The Morgan fingerprint density at radius 1 is 1.11 bits per heavy atom. The standard InChI is InChI=1S/C23H24BrN3O/c1-15-8-9-19(16(2)10-15)12-23(28)26-25-14-20-11-17(3)27(18(20)4)22-7-5-6-21(24)13-22/h5-11,13-14H,12H2,1-4H3,(H,26,28)/b25-14-. The second-order valence-corrected chi connectivity index (χ2v) is 7.96. The lowest BCUT2D eigenvalue weighted by molar-refractivity contribution is -0.120. The highest BCUT2D eigenvalue weighted by atomic mass is 79.9. The minimum absolute atomic E-state index is 0.121. The molecule has 0 saturated carbocycles. The molecule has 5 heteroatoms. The number of carbonyl (C=O) groups excluding carboxylic acids is 1. The summed E-state index contributed by atoms with van der Waals surface area (Å²) in [6.07, 6.45) is 2.03. The van der Waals surface area contributed by atoms with E-state index in [1.165, 1.54) is 5.56 Å². The maximum atomic E-state index is 12.2. The Bertz CT molecular complexity index is 1050. The third-order valence-electron chi connectivity index (χ3n) is 4.78. The molecule has 0 fully saturated rings. The first-order valence-corrected chi connectivity index (χ1v) is 9.97. The van der Waals surface area contributed by atoms with Gasteiger partial charge >= 0.3 is 0 Å². The molecule has 0 spiro atoms. The highest BCUT2D eigenvalue weighted by molar-refractivity contribution is 9.10. The largest absolute Gasteiger partial charge is 0.318 e. The zero-order valence-corrected chi connectivity index (χ0v) is 18.2. The Morgan fingerprint density at radius 3 is 2.61 bits per heavy atom. The number of rotatable bonds is 5. The lowest BCUT2D eigenvalue weighted by Crippen LogP contribution is -2.20. The van der Waals surface area contributed by atoms with Gasteiger partial charge in [0.1, 0.15) is 0 Å². The fourth-order valence-electron chi connectivity index (χ4n) is 3.36. The Hall–Kier alpha value is -2.66. The van der Waals surface area contributed by atoms with E-state index in [9.17, 15) is 4.79 Å². The van der Waals surface area contributed by atoms with Crippen LogP contribution in [0.1, 0.15) is 33.6 Å². The van der Waals surface area contributed by atoms with Crippen molar-refractivity contribution in [2.75, 3.05) is 0 Å². The zero-order chi connectivity index (χ0) is 20.3. The Labute approximate surface area is 174 Å². The topological polar surface area (TPSA) is 46.4 Å². The quantitative estimate of drug-likeness (QED) is 0.434. The second-order valence-electron chi connectivity index (χ2n) is 7.04. The van der Waals surface area contributed by atoms with Gasteiger partial charge in [0, 0.05) is 27.1 Å². The van der Waals surface area contributed by atoms with Crippen LogP contribution in [-0.2, 0) is 11.2 Å². The number of nitrogens with zero attached hydrogens (tertiary/aromatic N) is 2. The number of halogens is 1. The Balaban J connectivity index is 1.71. The number of hydrazone groups is 1.